The summed E-state index contributed by atoms with van der Waals surface area (Å²) >= 11 is 0. The molecule has 1 aliphatic rings. The molecule has 0 saturated carbocycles. The lowest BCUT2D eigenvalue weighted by molar-refractivity contribution is 0.00664. The number of rotatable bonds is 3. The van der Waals surface area contributed by atoms with Crippen molar-refractivity contribution in [1.82, 2.24) is 9.38 Å². The Labute approximate surface area is 122 Å². The largest absolute Gasteiger partial charge is 0.487 e. The zero-order valence-corrected chi connectivity index (χ0v) is 12.2. The number of imidazole rings is 1. The molecule has 21 heavy (non-hydrogen) atoms. The third-order valence-corrected chi connectivity index (χ3v) is 3.49. The smallest absolute Gasteiger partial charge is 0.343 e. The summed E-state index contributed by atoms with van der Waals surface area (Å²) < 4.78 is 18.0. The molecule has 2 aromatic rings. The number of aryl methyl sites for hydroxylation is 1. The third-order valence-electron chi connectivity index (χ3n) is 3.49. The molecule has 0 N–H and O–H groups in total. The maximum atomic E-state index is 12.0. The van der Waals surface area contributed by atoms with E-state index in [1.807, 2.05) is 13.1 Å². The molecule has 2 aromatic heterocycles. The number of methoxy groups -OCH3 is 1. The average molecular weight is 290 g/mol. The van der Waals surface area contributed by atoms with Crippen LogP contribution in [0.2, 0.25) is 0 Å². The molecule has 1 aliphatic heterocycles. The van der Waals surface area contributed by atoms with E-state index in [-0.39, 0.29) is 6.10 Å². The number of esters is 1. The number of fused-ring (bicyclic) bond motifs is 1. The van der Waals surface area contributed by atoms with Crippen molar-refractivity contribution in [3.63, 3.8) is 0 Å². The predicted octanol–water partition coefficient (Wildman–Crippen LogP) is 1.99. The highest BCUT2D eigenvalue weighted by molar-refractivity contribution is 5.92. The summed E-state index contributed by atoms with van der Waals surface area (Å²) in [7, 11) is 1.36. The van der Waals surface area contributed by atoms with Crippen molar-refractivity contribution in [2.75, 3.05) is 20.3 Å². The van der Waals surface area contributed by atoms with Gasteiger partial charge < -0.3 is 18.6 Å². The molecule has 0 radical (unpaired) electrons. The minimum Gasteiger partial charge on any atom is -0.487 e. The first-order valence-electron chi connectivity index (χ1n) is 6.99. The van der Waals surface area contributed by atoms with Crippen LogP contribution in [0.25, 0.3) is 5.65 Å². The van der Waals surface area contributed by atoms with Gasteiger partial charge >= 0.3 is 5.97 Å². The van der Waals surface area contributed by atoms with Crippen LogP contribution in [0.15, 0.2) is 18.5 Å². The van der Waals surface area contributed by atoms with E-state index in [4.69, 9.17) is 14.2 Å². The molecule has 1 atom stereocenters. The number of aromatic nitrogens is 2. The van der Waals surface area contributed by atoms with Crippen molar-refractivity contribution >= 4 is 11.6 Å². The zero-order valence-electron chi connectivity index (χ0n) is 12.2. The van der Waals surface area contributed by atoms with E-state index in [1.54, 1.807) is 16.7 Å². The van der Waals surface area contributed by atoms with Gasteiger partial charge in [-0.05, 0) is 19.8 Å². The third kappa shape index (κ3) is 2.85. The van der Waals surface area contributed by atoms with Gasteiger partial charge in [-0.1, -0.05) is 0 Å². The van der Waals surface area contributed by atoms with Crippen LogP contribution < -0.4 is 4.74 Å². The van der Waals surface area contributed by atoms with Crippen molar-refractivity contribution < 1.29 is 19.0 Å². The van der Waals surface area contributed by atoms with Crippen LogP contribution in [-0.4, -0.2) is 41.8 Å². The van der Waals surface area contributed by atoms with Gasteiger partial charge in [-0.2, -0.15) is 0 Å². The lowest BCUT2D eigenvalue weighted by Gasteiger charge is -2.24. The van der Waals surface area contributed by atoms with Crippen LogP contribution in [0.3, 0.4) is 0 Å². The molecule has 1 unspecified atom stereocenters. The van der Waals surface area contributed by atoms with Gasteiger partial charge in [0.2, 0.25) is 0 Å². The molecule has 3 rings (SSSR count). The fraction of sp³-hybridized carbons (Fsp3) is 0.467. The van der Waals surface area contributed by atoms with Gasteiger partial charge in [0.05, 0.1) is 19.4 Å². The Morgan fingerprint density at radius 1 is 1.48 bits per heavy atom. The first kappa shape index (κ1) is 13.9. The normalized spacial score (nSPS) is 18.7. The summed E-state index contributed by atoms with van der Waals surface area (Å²) in [5.74, 6) is 0.0745. The van der Waals surface area contributed by atoms with Gasteiger partial charge in [0, 0.05) is 25.1 Å². The second kappa shape index (κ2) is 5.73. The number of ether oxygens (including phenoxy) is 3. The summed E-state index contributed by atoms with van der Waals surface area (Å²) in [6.45, 7) is 3.21. The van der Waals surface area contributed by atoms with E-state index < -0.39 is 5.97 Å². The molecule has 3 heterocycles. The molecule has 0 aliphatic carbocycles. The van der Waals surface area contributed by atoms with Crippen molar-refractivity contribution in [2.24, 2.45) is 0 Å². The summed E-state index contributed by atoms with van der Waals surface area (Å²) in [5.41, 5.74) is 2.02. The van der Waals surface area contributed by atoms with Crippen LogP contribution in [0.5, 0.6) is 5.75 Å². The van der Waals surface area contributed by atoms with E-state index in [2.05, 4.69) is 4.98 Å². The molecule has 0 amide bonds. The molecular formula is C15H18N2O4. The van der Waals surface area contributed by atoms with Gasteiger partial charge in [0.1, 0.15) is 23.1 Å². The number of nitrogens with zero attached hydrogens (tertiary/aromatic N) is 2. The van der Waals surface area contributed by atoms with Crippen molar-refractivity contribution in [3.05, 3.63) is 29.7 Å². The van der Waals surface area contributed by atoms with E-state index in [1.165, 1.54) is 7.11 Å². The summed E-state index contributed by atoms with van der Waals surface area (Å²) in [5, 5.41) is 0. The fourth-order valence-electron chi connectivity index (χ4n) is 2.49. The molecule has 1 fully saturated rings. The second-order valence-corrected chi connectivity index (χ2v) is 5.15. The molecule has 6 nitrogen and oxygen atoms in total. The second-order valence-electron chi connectivity index (χ2n) is 5.15. The Hall–Kier alpha value is -2.08. The Bertz CT molecular complexity index is 659. The Balaban J connectivity index is 1.98. The molecule has 0 bridgehead atoms. The topological polar surface area (TPSA) is 62.1 Å². The van der Waals surface area contributed by atoms with E-state index >= 15 is 0 Å². The molecule has 6 heteroatoms. The average Bonchev–Trinajstić information content (AvgIpc) is 2.86. The van der Waals surface area contributed by atoms with Gasteiger partial charge in [-0.15, -0.1) is 0 Å². The number of pyridine rings is 1. The summed E-state index contributed by atoms with van der Waals surface area (Å²) in [6.07, 6.45) is 5.39. The van der Waals surface area contributed by atoms with Crippen LogP contribution in [0, 0.1) is 6.92 Å². The molecule has 112 valence electrons. The molecule has 0 spiro atoms. The molecule has 1 saturated heterocycles. The van der Waals surface area contributed by atoms with Crippen molar-refractivity contribution in [2.45, 2.75) is 25.9 Å². The number of carbonyl (C=O) groups is 1. The van der Waals surface area contributed by atoms with Crippen molar-refractivity contribution in [1.29, 1.82) is 0 Å². The Kier molecular flexibility index (Phi) is 3.79. The number of hydrogen-bond donors (Lipinski definition) is 0. The van der Waals surface area contributed by atoms with Gasteiger partial charge in [0.25, 0.3) is 0 Å². The quantitative estimate of drug-likeness (QED) is 0.809. The van der Waals surface area contributed by atoms with Crippen LogP contribution in [0.4, 0.5) is 0 Å². The lowest BCUT2D eigenvalue weighted by atomic mass is 10.1. The SMILES string of the molecule is COC(=O)c1cn2cc(C)nc2cc1OC1CCCOC1. The first-order chi connectivity index (χ1) is 10.2. The van der Waals surface area contributed by atoms with E-state index in [9.17, 15) is 4.79 Å². The minimum atomic E-state index is -0.421. The maximum Gasteiger partial charge on any atom is 0.343 e. The predicted molar refractivity (Wildman–Crippen MR) is 75.7 cm³/mol. The number of hydrogen-bond acceptors (Lipinski definition) is 5. The van der Waals surface area contributed by atoms with Crippen LogP contribution in [0.1, 0.15) is 28.9 Å². The van der Waals surface area contributed by atoms with Crippen LogP contribution >= 0.6 is 0 Å². The lowest BCUT2D eigenvalue weighted by Crippen LogP contribution is -2.28. The molecule has 0 aromatic carbocycles. The fourth-order valence-corrected chi connectivity index (χ4v) is 2.49. The monoisotopic (exact) mass is 290 g/mol. The Morgan fingerprint density at radius 2 is 2.33 bits per heavy atom. The van der Waals surface area contributed by atoms with Gasteiger partial charge in [0.15, 0.2) is 0 Å². The van der Waals surface area contributed by atoms with E-state index in [0.717, 1.165) is 30.8 Å². The van der Waals surface area contributed by atoms with Gasteiger partial charge in [-0.25, -0.2) is 9.78 Å². The van der Waals surface area contributed by atoms with Gasteiger partial charge in [-0.3, -0.25) is 0 Å². The summed E-state index contributed by atoms with van der Waals surface area (Å²) in [4.78, 5) is 16.4. The summed E-state index contributed by atoms with van der Waals surface area (Å²) in [6, 6.07) is 1.77. The van der Waals surface area contributed by atoms with Crippen molar-refractivity contribution in [3.8, 4) is 5.75 Å². The first-order valence-corrected chi connectivity index (χ1v) is 6.99. The van der Waals surface area contributed by atoms with Crippen LogP contribution in [-0.2, 0) is 9.47 Å². The Morgan fingerprint density at radius 3 is 3.05 bits per heavy atom. The standard InChI is InChI=1S/C15H18N2O4/c1-10-7-17-8-12(15(18)19-2)13(6-14(17)16-10)21-11-4-3-5-20-9-11/h6-8,11H,3-5,9H2,1-2H3. The highest BCUT2D eigenvalue weighted by Crippen LogP contribution is 2.25. The molecular weight excluding hydrogens is 272 g/mol. The minimum absolute atomic E-state index is 0.0411. The highest BCUT2D eigenvalue weighted by atomic mass is 16.5. The maximum absolute atomic E-state index is 12.0. The highest BCUT2D eigenvalue weighted by Gasteiger charge is 2.21. The number of carbonyl (C=O) groups excluding carboxylic acids is 1. The van der Waals surface area contributed by atoms with E-state index in [0.29, 0.717) is 17.9 Å². The zero-order chi connectivity index (χ0) is 14.8.